The van der Waals surface area contributed by atoms with Gasteiger partial charge in [-0.1, -0.05) is 19.3 Å². The third-order valence-corrected chi connectivity index (χ3v) is 4.31. The molecule has 1 saturated carbocycles. The molecule has 17 heavy (non-hydrogen) atoms. The molecule has 1 aromatic carbocycles. The van der Waals surface area contributed by atoms with Gasteiger partial charge in [0.2, 0.25) is 0 Å². The zero-order valence-electron chi connectivity index (χ0n) is 11.1. The molecule has 94 valence electrons. The summed E-state index contributed by atoms with van der Waals surface area (Å²) in [5.41, 5.74) is 11.0. The SMILES string of the molecule is Cc1cc(O)c(C)c(C)c1C1(N)CCCCC1. The maximum Gasteiger partial charge on any atom is 0.119 e. The largest absolute Gasteiger partial charge is 0.508 e. The lowest BCUT2D eigenvalue weighted by atomic mass is 9.73. The second-order valence-electron chi connectivity index (χ2n) is 5.55. The first-order chi connectivity index (χ1) is 7.96. The predicted molar refractivity (Wildman–Crippen MR) is 71.3 cm³/mol. The molecule has 0 aromatic heterocycles. The van der Waals surface area contributed by atoms with Gasteiger partial charge in [0.05, 0.1) is 0 Å². The fourth-order valence-corrected chi connectivity index (χ4v) is 3.26. The third-order valence-electron chi connectivity index (χ3n) is 4.31. The monoisotopic (exact) mass is 233 g/mol. The van der Waals surface area contributed by atoms with Gasteiger partial charge in [0, 0.05) is 5.54 Å². The van der Waals surface area contributed by atoms with Gasteiger partial charge >= 0.3 is 0 Å². The van der Waals surface area contributed by atoms with E-state index < -0.39 is 0 Å². The molecule has 2 nitrogen and oxygen atoms in total. The summed E-state index contributed by atoms with van der Waals surface area (Å²) in [6.45, 7) is 6.12. The molecule has 0 radical (unpaired) electrons. The van der Waals surface area contributed by atoms with Crippen molar-refractivity contribution in [2.24, 2.45) is 5.73 Å². The lowest BCUT2D eigenvalue weighted by molar-refractivity contribution is 0.299. The van der Waals surface area contributed by atoms with E-state index in [9.17, 15) is 5.11 Å². The molecule has 0 amide bonds. The molecular formula is C15H23NO. The van der Waals surface area contributed by atoms with E-state index in [4.69, 9.17) is 5.73 Å². The van der Waals surface area contributed by atoms with E-state index in [1.165, 1.54) is 30.4 Å². The van der Waals surface area contributed by atoms with Crippen LogP contribution in [-0.4, -0.2) is 5.11 Å². The van der Waals surface area contributed by atoms with E-state index in [2.05, 4.69) is 13.8 Å². The van der Waals surface area contributed by atoms with Crippen molar-refractivity contribution in [1.82, 2.24) is 0 Å². The zero-order chi connectivity index (χ0) is 12.6. The summed E-state index contributed by atoms with van der Waals surface area (Å²) in [7, 11) is 0. The summed E-state index contributed by atoms with van der Waals surface area (Å²) in [5.74, 6) is 0.392. The first-order valence-electron chi connectivity index (χ1n) is 6.55. The summed E-state index contributed by atoms with van der Waals surface area (Å²) >= 11 is 0. The number of hydrogen-bond donors (Lipinski definition) is 2. The summed E-state index contributed by atoms with van der Waals surface area (Å²) in [4.78, 5) is 0. The highest BCUT2D eigenvalue weighted by Crippen LogP contribution is 2.40. The molecule has 0 aliphatic heterocycles. The van der Waals surface area contributed by atoms with Crippen LogP contribution in [-0.2, 0) is 5.54 Å². The number of benzene rings is 1. The zero-order valence-corrected chi connectivity index (χ0v) is 11.1. The number of aryl methyl sites for hydroxylation is 1. The van der Waals surface area contributed by atoms with E-state index in [1.54, 1.807) is 0 Å². The van der Waals surface area contributed by atoms with Crippen molar-refractivity contribution < 1.29 is 5.11 Å². The van der Waals surface area contributed by atoms with Crippen molar-refractivity contribution in [3.8, 4) is 5.75 Å². The lowest BCUT2D eigenvalue weighted by Gasteiger charge is -2.37. The van der Waals surface area contributed by atoms with Crippen molar-refractivity contribution in [1.29, 1.82) is 0 Å². The Morgan fingerprint density at radius 1 is 1.06 bits per heavy atom. The molecule has 2 rings (SSSR count). The Morgan fingerprint density at radius 2 is 1.65 bits per heavy atom. The highest BCUT2D eigenvalue weighted by atomic mass is 16.3. The molecule has 0 bridgehead atoms. The number of phenols is 1. The maximum atomic E-state index is 9.85. The van der Waals surface area contributed by atoms with Crippen LogP contribution in [0.25, 0.3) is 0 Å². The lowest BCUT2D eigenvalue weighted by Crippen LogP contribution is -2.40. The van der Waals surface area contributed by atoms with Crippen molar-refractivity contribution in [2.45, 2.75) is 58.4 Å². The molecule has 0 spiro atoms. The fourth-order valence-electron chi connectivity index (χ4n) is 3.26. The van der Waals surface area contributed by atoms with E-state index >= 15 is 0 Å². The summed E-state index contributed by atoms with van der Waals surface area (Å²) in [5, 5.41) is 9.85. The van der Waals surface area contributed by atoms with Crippen LogP contribution in [0.5, 0.6) is 5.75 Å². The Kier molecular flexibility index (Phi) is 3.17. The average molecular weight is 233 g/mol. The van der Waals surface area contributed by atoms with E-state index in [0.29, 0.717) is 5.75 Å². The van der Waals surface area contributed by atoms with Crippen molar-refractivity contribution in [3.63, 3.8) is 0 Å². The van der Waals surface area contributed by atoms with Crippen LogP contribution in [0.15, 0.2) is 6.07 Å². The van der Waals surface area contributed by atoms with Gasteiger partial charge in [-0.2, -0.15) is 0 Å². The van der Waals surface area contributed by atoms with Gasteiger partial charge in [-0.3, -0.25) is 0 Å². The standard InChI is InChI=1S/C15H23NO/c1-10-9-13(17)11(2)12(3)14(10)15(16)7-5-4-6-8-15/h9,17H,4-8,16H2,1-3H3. The normalized spacial score (nSPS) is 19.3. The Hall–Kier alpha value is -1.02. The highest BCUT2D eigenvalue weighted by Gasteiger charge is 2.32. The van der Waals surface area contributed by atoms with Crippen LogP contribution in [0.2, 0.25) is 0 Å². The molecule has 1 aliphatic carbocycles. The maximum absolute atomic E-state index is 9.85. The number of phenolic OH excluding ortho intramolecular Hbond substituents is 1. The van der Waals surface area contributed by atoms with Gasteiger partial charge in [0.15, 0.2) is 0 Å². The van der Waals surface area contributed by atoms with Crippen molar-refractivity contribution in [2.75, 3.05) is 0 Å². The van der Waals surface area contributed by atoms with Gasteiger partial charge in [-0.05, 0) is 61.9 Å². The quantitative estimate of drug-likeness (QED) is 0.780. The van der Waals surface area contributed by atoms with E-state index in [-0.39, 0.29) is 5.54 Å². The van der Waals surface area contributed by atoms with Gasteiger partial charge < -0.3 is 10.8 Å². The van der Waals surface area contributed by atoms with Crippen LogP contribution in [0, 0.1) is 20.8 Å². The molecule has 0 atom stereocenters. The van der Waals surface area contributed by atoms with Crippen LogP contribution in [0.1, 0.15) is 54.4 Å². The van der Waals surface area contributed by atoms with Crippen molar-refractivity contribution >= 4 is 0 Å². The topological polar surface area (TPSA) is 46.2 Å². The molecule has 1 aliphatic rings. The van der Waals surface area contributed by atoms with Gasteiger partial charge in [0.25, 0.3) is 0 Å². The number of rotatable bonds is 1. The summed E-state index contributed by atoms with van der Waals surface area (Å²) in [6.07, 6.45) is 5.87. The summed E-state index contributed by atoms with van der Waals surface area (Å²) < 4.78 is 0. The molecule has 0 saturated heterocycles. The Morgan fingerprint density at radius 3 is 2.24 bits per heavy atom. The van der Waals surface area contributed by atoms with Crippen molar-refractivity contribution in [3.05, 3.63) is 28.3 Å². The molecule has 1 aromatic rings. The molecule has 0 heterocycles. The van der Waals surface area contributed by atoms with Crippen LogP contribution in [0.3, 0.4) is 0 Å². The molecule has 1 fully saturated rings. The Balaban J connectivity index is 2.54. The predicted octanol–water partition coefficient (Wildman–Crippen LogP) is 3.44. The fraction of sp³-hybridized carbons (Fsp3) is 0.600. The van der Waals surface area contributed by atoms with E-state index in [1.807, 2.05) is 13.0 Å². The Labute approximate surface area is 104 Å². The van der Waals surface area contributed by atoms with Gasteiger partial charge in [0.1, 0.15) is 5.75 Å². The third kappa shape index (κ3) is 2.06. The minimum absolute atomic E-state index is 0.176. The summed E-state index contributed by atoms with van der Waals surface area (Å²) in [6, 6.07) is 1.86. The second-order valence-corrected chi connectivity index (χ2v) is 5.55. The first kappa shape index (κ1) is 12.4. The van der Waals surface area contributed by atoms with Gasteiger partial charge in [-0.25, -0.2) is 0 Å². The molecule has 2 heteroatoms. The second kappa shape index (κ2) is 4.34. The Bertz CT molecular complexity index is 431. The minimum atomic E-state index is -0.176. The molecule has 3 N–H and O–H groups in total. The molecular weight excluding hydrogens is 210 g/mol. The van der Waals surface area contributed by atoms with Crippen LogP contribution in [0.4, 0.5) is 0 Å². The van der Waals surface area contributed by atoms with E-state index in [0.717, 1.165) is 24.0 Å². The smallest absolute Gasteiger partial charge is 0.119 e. The minimum Gasteiger partial charge on any atom is -0.508 e. The highest BCUT2D eigenvalue weighted by molar-refractivity contribution is 5.50. The first-order valence-corrected chi connectivity index (χ1v) is 6.55. The van der Waals surface area contributed by atoms with Crippen LogP contribution < -0.4 is 5.73 Å². The average Bonchev–Trinajstić information content (AvgIpc) is 2.26. The number of aromatic hydroxyl groups is 1. The number of nitrogens with two attached hydrogens (primary N) is 1. The van der Waals surface area contributed by atoms with Gasteiger partial charge in [-0.15, -0.1) is 0 Å². The number of hydrogen-bond acceptors (Lipinski definition) is 2. The molecule has 0 unspecified atom stereocenters. The van der Waals surface area contributed by atoms with Crippen LogP contribution >= 0.6 is 0 Å².